The smallest absolute Gasteiger partial charge is 0.160 e. The molecule has 2 aromatic rings. The summed E-state index contributed by atoms with van der Waals surface area (Å²) in [5.41, 5.74) is 2.12. The fourth-order valence-electron chi connectivity index (χ4n) is 3.75. The van der Waals surface area contributed by atoms with Crippen LogP contribution < -0.4 is 9.47 Å². The quantitative estimate of drug-likeness (QED) is 0.795. The molecule has 2 aliphatic heterocycles. The minimum atomic E-state index is -0.0321. The molecule has 3 heterocycles. The molecule has 6 heteroatoms. The summed E-state index contributed by atoms with van der Waals surface area (Å²) in [4.78, 5) is 12.1. The van der Waals surface area contributed by atoms with Gasteiger partial charge in [0.25, 0.3) is 0 Å². The van der Waals surface area contributed by atoms with Crippen molar-refractivity contribution in [1.29, 1.82) is 0 Å². The molecule has 0 aliphatic carbocycles. The Morgan fingerprint density at radius 2 is 2.08 bits per heavy atom. The van der Waals surface area contributed by atoms with E-state index < -0.39 is 0 Å². The highest BCUT2D eigenvalue weighted by Gasteiger charge is 2.46. The normalized spacial score (nSPS) is 24.3. The van der Waals surface area contributed by atoms with Crippen molar-refractivity contribution in [2.75, 3.05) is 20.0 Å². The average Bonchev–Trinajstić information content (AvgIpc) is 3.27. The predicted octanol–water partition coefficient (Wildman–Crippen LogP) is 4.08. The summed E-state index contributed by atoms with van der Waals surface area (Å²) >= 11 is 1.85. The number of aromatic nitrogens is 1. The Labute approximate surface area is 158 Å². The van der Waals surface area contributed by atoms with Gasteiger partial charge in [0.2, 0.25) is 0 Å². The Morgan fingerprint density at radius 1 is 1.19 bits per heavy atom. The minimum Gasteiger partial charge on any atom is -0.497 e. The minimum absolute atomic E-state index is 0.0321. The fraction of sp³-hybridized carbons (Fsp3) is 0.400. The van der Waals surface area contributed by atoms with Crippen LogP contribution in [0.15, 0.2) is 47.6 Å². The predicted molar refractivity (Wildman–Crippen MR) is 105 cm³/mol. The molecule has 0 N–H and O–H groups in total. The number of rotatable bonds is 5. The van der Waals surface area contributed by atoms with Crippen molar-refractivity contribution < 1.29 is 9.47 Å². The molecule has 136 valence electrons. The first kappa shape index (κ1) is 17.2. The van der Waals surface area contributed by atoms with Crippen LogP contribution in [0.5, 0.6) is 11.5 Å². The first-order valence-electron chi connectivity index (χ1n) is 8.88. The van der Waals surface area contributed by atoms with Gasteiger partial charge in [0.05, 0.1) is 26.0 Å². The van der Waals surface area contributed by atoms with Crippen LogP contribution in [-0.4, -0.2) is 41.1 Å². The Balaban J connectivity index is 1.82. The number of thioether (sulfide) groups is 1. The van der Waals surface area contributed by atoms with Gasteiger partial charge < -0.3 is 14.4 Å². The third kappa shape index (κ3) is 2.82. The number of hydrogen-bond acceptors (Lipinski definition) is 6. The van der Waals surface area contributed by atoms with Gasteiger partial charge in [-0.3, -0.25) is 9.98 Å². The maximum Gasteiger partial charge on any atom is 0.160 e. The van der Waals surface area contributed by atoms with Crippen LogP contribution in [0.3, 0.4) is 0 Å². The zero-order chi connectivity index (χ0) is 18.1. The summed E-state index contributed by atoms with van der Waals surface area (Å²) in [6.45, 7) is 2.24. The number of nitrogens with zero attached hydrogens (tertiary/aromatic N) is 3. The molecule has 5 nitrogen and oxygen atoms in total. The highest BCUT2D eigenvalue weighted by Crippen LogP contribution is 2.50. The molecule has 0 unspecified atom stereocenters. The van der Waals surface area contributed by atoms with Crippen LogP contribution in [-0.2, 0) is 0 Å². The molecule has 0 amide bonds. The summed E-state index contributed by atoms with van der Waals surface area (Å²) in [7, 11) is 3.38. The molecular weight excluding hydrogens is 346 g/mol. The molecule has 1 fully saturated rings. The lowest BCUT2D eigenvalue weighted by Crippen LogP contribution is -2.35. The molecular formula is C20H23N3O2S. The van der Waals surface area contributed by atoms with Crippen LogP contribution in [0.1, 0.15) is 36.7 Å². The SMILES string of the molecule is CC[C@@H]1CSC2=N[C@H](c3ccccn3)[C@H](c3ccc(OC)cc3OC)N21. The van der Waals surface area contributed by atoms with Gasteiger partial charge in [0.15, 0.2) is 5.17 Å². The zero-order valence-electron chi connectivity index (χ0n) is 15.3. The van der Waals surface area contributed by atoms with E-state index in [0.717, 1.165) is 40.1 Å². The summed E-state index contributed by atoms with van der Waals surface area (Å²) in [6, 6.07) is 12.6. The first-order valence-corrected chi connectivity index (χ1v) is 9.87. The van der Waals surface area contributed by atoms with E-state index in [2.05, 4.69) is 28.9 Å². The number of hydrogen-bond donors (Lipinski definition) is 0. The second-order valence-corrected chi connectivity index (χ2v) is 7.43. The van der Waals surface area contributed by atoms with Crippen molar-refractivity contribution in [3.05, 3.63) is 53.9 Å². The van der Waals surface area contributed by atoms with E-state index in [1.54, 1.807) is 14.2 Å². The van der Waals surface area contributed by atoms with E-state index in [4.69, 9.17) is 14.5 Å². The first-order chi connectivity index (χ1) is 12.8. The van der Waals surface area contributed by atoms with Crippen molar-refractivity contribution in [2.24, 2.45) is 4.99 Å². The van der Waals surface area contributed by atoms with E-state index in [1.807, 2.05) is 42.2 Å². The Bertz CT molecular complexity index is 812. The number of aliphatic imine (C=N–C) groups is 1. The molecule has 0 bridgehead atoms. The Morgan fingerprint density at radius 3 is 2.77 bits per heavy atom. The molecule has 26 heavy (non-hydrogen) atoms. The van der Waals surface area contributed by atoms with Crippen molar-refractivity contribution in [2.45, 2.75) is 31.5 Å². The number of amidine groups is 1. The topological polar surface area (TPSA) is 47.0 Å². The lowest BCUT2D eigenvalue weighted by Gasteiger charge is -2.32. The summed E-state index contributed by atoms with van der Waals surface area (Å²) < 4.78 is 11.1. The molecule has 3 atom stereocenters. The lowest BCUT2D eigenvalue weighted by atomic mass is 9.94. The second-order valence-electron chi connectivity index (χ2n) is 6.44. The highest BCUT2D eigenvalue weighted by molar-refractivity contribution is 8.14. The number of methoxy groups -OCH3 is 2. The highest BCUT2D eigenvalue weighted by atomic mass is 32.2. The number of fused-ring (bicyclic) bond motifs is 1. The molecule has 0 spiro atoms. The van der Waals surface area contributed by atoms with Gasteiger partial charge in [-0.25, -0.2) is 0 Å². The molecule has 4 rings (SSSR count). The summed E-state index contributed by atoms with van der Waals surface area (Å²) in [6.07, 6.45) is 2.93. The monoisotopic (exact) mass is 369 g/mol. The van der Waals surface area contributed by atoms with Gasteiger partial charge in [-0.1, -0.05) is 24.8 Å². The van der Waals surface area contributed by atoms with Crippen LogP contribution in [0.2, 0.25) is 0 Å². The van der Waals surface area contributed by atoms with E-state index in [9.17, 15) is 0 Å². The van der Waals surface area contributed by atoms with E-state index in [0.29, 0.717) is 6.04 Å². The maximum atomic E-state index is 5.72. The maximum absolute atomic E-state index is 5.72. The summed E-state index contributed by atoms with van der Waals surface area (Å²) in [5, 5.41) is 1.12. The third-order valence-corrected chi connectivity index (χ3v) is 6.21. The van der Waals surface area contributed by atoms with Crippen molar-refractivity contribution in [3.63, 3.8) is 0 Å². The van der Waals surface area contributed by atoms with Gasteiger partial charge in [0, 0.05) is 29.6 Å². The average molecular weight is 369 g/mol. The van der Waals surface area contributed by atoms with Crippen LogP contribution in [0, 0.1) is 0 Å². The van der Waals surface area contributed by atoms with Crippen LogP contribution >= 0.6 is 11.8 Å². The fourth-order valence-corrected chi connectivity index (χ4v) is 5.09. The van der Waals surface area contributed by atoms with Crippen LogP contribution in [0.4, 0.5) is 0 Å². The zero-order valence-corrected chi connectivity index (χ0v) is 16.1. The molecule has 0 saturated carbocycles. The van der Waals surface area contributed by atoms with Gasteiger partial charge in [-0.05, 0) is 30.7 Å². The molecule has 0 radical (unpaired) electrons. The largest absolute Gasteiger partial charge is 0.497 e. The number of benzene rings is 1. The van der Waals surface area contributed by atoms with Crippen molar-refractivity contribution in [1.82, 2.24) is 9.88 Å². The van der Waals surface area contributed by atoms with Gasteiger partial charge in [-0.15, -0.1) is 0 Å². The van der Waals surface area contributed by atoms with Gasteiger partial charge in [0.1, 0.15) is 17.5 Å². The molecule has 1 aromatic carbocycles. The molecule has 1 saturated heterocycles. The number of pyridine rings is 1. The van der Waals surface area contributed by atoms with E-state index in [-0.39, 0.29) is 12.1 Å². The molecule has 2 aliphatic rings. The summed E-state index contributed by atoms with van der Waals surface area (Å²) in [5.74, 6) is 2.71. The molecule has 1 aromatic heterocycles. The van der Waals surface area contributed by atoms with Gasteiger partial charge >= 0.3 is 0 Å². The second kappa shape index (κ2) is 7.19. The Kier molecular flexibility index (Phi) is 4.76. The third-order valence-electron chi connectivity index (χ3n) is 5.09. The number of ether oxygens (including phenoxy) is 2. The van der Waals surface area contributed by atoms with Crippen LogP contribution in [0.25, 0.3) is 0 Å². The van der Waals surface area contributed by atoms with Gasteiger partial charge in [-0.2, -0.15) is 0 Å². The van der Waals surface area contributed by atoms with Crippen molar-refractivity contribution >= 4 is 16.9 Å². The lowest BCUT2D eigenvalue weighted by molar-refractivity contribution is 0.248. The van der Waals surface area contributed by atoms with E-state index >= 15 is 0 Å². The van der Waals surface area contributed by atoms with Crippen molar-refractivity contribution in [3.8, 4) is 11.5 Å². The Hall–Kier alpha value is -2.21. The van der Waals surface area contributed by atoms with E-state index in [1.165, 1.54) is 0 Å². The standard InChI is InChI=1S/C20H23N3O2S/c1-4-13-12-26-20-22-18(16-7-5-6-10-21-16)19(23(13)20)15-9-8-14(24-2)11-17(15)25-3/h5-11,13,18-19H,4,12H2,1-3H3/t13-,18-,19+/m1/s1.